The van der Waals surface area contributed by atoms with E-state index in [2.05, 4.69) is 9.98 Å². The molecule has 3 aromatic rings. The van der Waals surface area contributed by atoms with Crippen LogP contribution >= 0.6 is 0 Å². The molecule has 2 aromatic carbocycles. The summed E-state index contributed by atoms with van der Waals surface area (Å²) in [6.07, 6.45) is 0. The fourth-order valence-corrected chi connectivity index (χ4v) is 2.68. The van der Waals surface area contributed by atoms with Crippen LogP contribution in [0.25, 0.3) is 10.9 Å². The van der Waals surface area contributed by atoms with Crippen molar-refractivity contribution in [3.63, 3.8) is 0 Å². The number of aromatic nitrogens is 1. The van der Waals surface area contributed by atoms with Crippen LogP contribution in [0.5, 0.6) is 0 Å². The molecule has 0 saturated heterocycles. The number of H-pyrrole nitrogens is 1. The van der Waals surface area contributed by atoms with Crippen LogP contribution in [0.15, 0.2) is 46.2 Å². The minimum atomic E-state index is -0.490. The van der Waals surface area contributed by atoms with Crippen molar-refractivity contribution < 1.29 is 4.39 Å². The Morgan fingerprint density at radius 2 is 1.96 bits per heavy atom. The van der Waals surface area contributed by atoms with Crippen LogP contribution in [-0.4, -0.2) is 10.7 Å². The van der Waals surface area contributed by atoms with E-state index in [-0.39, 0.29) is 16.6 Å². The van der Waals surface area contributed by atoms with E-state index in [9.17, 15) is 9.18 Å². The Bertz CT molecular complexity index is 1040. The summed E-state index contributed by atoms with van der Waals surface area (Å²) >= 11 is 0. The number of pyridine rings is 1. The van der Waals surface area contributed by atoms with Gasteiger partial charge >= 0.3 is 0 Å². The second kappa shape index (κ2) is 5.81. The first-order chi connectivity index (χ1) is 11.4. The molecule has 1 aromatic heterocycles. The third-order valence-electron chi connectivity index (χ3n) is 3.91. The summed E-state index contributed by atoms with van der Waals surface area (Å²) in [4.78, 5) is 19.5. The molecular formula is C18H17FN4O. The summed E-state index contributed by atoms with van der Waals surface area (Å²) in [5.41, 5.74) is 14.6. The number of rotatable bonds is 2. The van der Waals surface area contributed by atoms with Crippen LogP contribution in [0.1, 0.15) is 18.1 Å². The van der Waals surface area contributed by atoms with Gasteiger partial charge in [0.25, 0.3) is 5.56 Å². The Morgan fingerprint density at radius 1 is 1.21 bits per heavy atom. The summed E-state index contributed by atoms with van der Waals surface area (Å²) in [5.74, 6) is -0.490. The van der Waals surface area contributed by atoms with Gasteiger partial charge in [-0.05, 0) is 43.7 Å². The lowest BCUT2D eigenvalue weighted by Gasteiger charge is -2.10. The molecule has 6 heteroatoms. The van der Waals surface area contributed by atoms with Crippen molar-refractivity contribution >= 4 is 33.7 Å². The van der Waals surface area contributed by atoms with Gasteiger partial charge in [0.05, 0.1) is 33.6 Å². The second-order valence-corrected chi connectivity index (χ2v) is 5.65. The van der Waals surface area contributed by atoms with Gasteiger partial charge in [0.1, 0.15) is 5.82 Å². The SMILES string of the molecule is C/C(=N\c1cc(N)ccc1C)c1c(N)c2c(F)cccc2[nH]c1=O. The number of aliphatic imine (C=N–C) groups is 1. The molecular weight excluding hydrogens is 307 g/mol. The van der Waals surface area contributed by atoms with E-state index in [0.717, 1.165) is 5.56 Å². The summed E-state index contributed by atoms with van der Waals surface area (Å²) in [6, 6.07) is 9.75. The van der Waals surface area contributed by atoms with Crippen molar-refractivity contribution in [1.82, 2.24) is 4.98 Å². The van der Waals surface area contributed by atoms with Gasteiger partial charge < -0.3 is 16.5 Å². The van der Waals surface area contributed by atoms with Gasteiger partial charge in [-0.15, -0.1) is 0 Å². The first kappa shape index (κ1) is 15.7. The summed E-state index contributed by atoms with van der Waals surface area (Å²) in [6.45, 7) is 3.55. The lowest BCUT2D eigenvalue weighted by Crippen LogP contribution is -2.20. The number of hydrogen-bond acceptors (Lipinski definition) is 4. The molecule has 0 aliphatic rings. The topological polar surface area (TPSA) is 97.3 Å². The monoisotopic (exact) mass is 324 g/mol. The van der Waals surface area contributed by atoms with Crippen molar-refractivity contribution in [3.05, 3.63) is 63.7 Å². The average molecular weight is 324 g/mol. The van der Waals surface area contributed by atoms with E-state index in [1.807, 2.05) is 13.0 Å². The highest BCUT2D eigenvalue weighted by Crippen LogP contribution is 2.26. The zero-order chi connectivity index (χ0) is 17.4. The maximum Gasteiger partial charge on any atom is 0.259 e. The minimum absolute atomic E-state index is 0.0784. The molecule has 0 saturated carbocycles. The van der Waals surface area contributed by atoms with Crippen LogP contribution in [0.2, 0.25) is 0 Å². The summed E-state index contributed by atoms with van der Waals surface area (Å²) in [5, 5.41) is 0.186. The van der Waals surface area contributed by atoms with Crippen molar-refractivity contribution in [1.29, 1.82) is 0 Å². The maximum absolute atomic E-state index is 14.1. The molecule has 0 aliphatic carbocycles. The Labute approximate surface area is 137 Å². The van der Waals surface area contributed by atoms with Gasteiger partial charge in [0, 0.05) is 5.69 Å². The molecule has 0 aliphatic heterocycles. The molecule has 0 fully saturated rings. The predicted molar refractivity (Wildman–Crippen MR) is 96.4 cm³/mol. The Balaban J connectivity index is 2.25. The molecule has 0 radical (unpaired) electrons. The fraction of sp³-hybridized carbons (Fsp3) is 0.111. The number of nitrogens with two attached hydrogens (primary N) is 2. The number of benzene rings is 2. The average Bonchev–Trinajstić information content (AvgIpc) is 2.50. The van der Waals surface area contributed by atoms with Crippen molar-refractivity contribution in [2.24, 2.45) is 4.99 Å². The Morgan fingerprint density at radius 3 is 2.71 bits per heavy atom. The van der Waals surface area contributed by atoms with Crippen molar-refractivity contribution in [3.8, 4) is 0 Å². The first-order valence-electron chi connectivity index (χ1n) is 7.40. The Hall–Kier alpha value is -3.15. The van der Waals surface area contributed by atoms with Crippen molar-refractivity contribution in [2.75, 3.05) is 11.5 Å². The number of aryl methyl sites for hydroxylation is 1. The molecule has 0 amide bonds. The third kappa shape index (κ3) is 2.62. The van der Waals surface area contributed by atoms with Gasteiger partial charge in [-0.3, -0.25) is 9.79 Å². The van der Waals surface area contributed by atoms with Gasteiger partial charge in [-0.1, -0.05) is 12.1 Å². The van der Waals surface area contributed by atoms with E-state index in [1.165, 1.54) is 12.1 Å². The standard InChI is InChI=1S/C18H17FN4O/c1-9-6-7-11(20)8-14(9)22-10(2)15-17(21)16-12(19)4-3-5-13(16)23-18(15)24/h3-8H,20H2,1-2H3,(H3,21,23,24)/b22-10+. The number of nitrogens with one attached hydrogen (secondary N) is 1. The highest BCUT2D eigenvalue weighted by atomic mass is 19.1. The van der Waals surface area contributed by atoms with E-state index in [4.69, 9.17) is 11.5 Å². The fourth-order valence-electron chi connectivity index (χ4n) is 2.68. The quantitative estimate of drug-likeness (QED) is 0.498. The Kier molecular flexibility index (Phi) is 3.81. The molecule has 122 valence electrons. The number of nitrogens with zero attached hydrogens (tertiary/aromatic N) is 1. The maximum atomic E-state index is 14.1. The number of halogens is 1. The molecule has 0 unspecified atom stereocenters. The zero-order valence-corrected chi connectivity index (χ0v) is 13.4. The smallest absolute Gasteiger partial charge is 0.259 e. The highest BCUT2D eigenvalue weighted by Gasteiger charge is 2.15. The number of nitrogen functional groups attached to an aromatic ring is 2. The largest absolute Gasteiger partial charge is 0.399 e. The summed E-state index contributed by atoms with van der Waals surface area (Å²) < 4.78 is 14.1. The van der Waals surface area contributed by atoms with Gasteiger partial charge in [0.2, 0.25) is 0 Å². The van der Waals surface area contributed by atoms with E-state index < -0.39 is 11.4 Å². The van der Waals surface area contributed by atoms with Crippen LogP contribution in [0, 0.1) is 12.7 Å². The van der Waals surface area contributed by atoms with Gasteiger partial charge in [-0.25, -0.2) is 4.39 Å². The third-order valence-corrected chi connectivity index (χ3v) is 3.91. The number of fused-ring (bicyclic) bond motifs is 1. The predicted octanol–water partition coefficient (Wildman–Crippen LogP) is 3.28. The molecule has 0 spiro atoms. The molecule has 0 bridgehead atoms. The molecule has 0 atom stereocenters. The molecule has 5 nitrogen and oxygen atoms in total. The number of hydrogen-bond donors (Lipinski definition) is 3. The van der Waals surface area contributed by atoms with Crippen LogP contribution in [-0.2, 0) is 0 Å². The van der Waals surface area contributed by atoms with E-state index >= 15 is 0 Å². The molecule has 24 heavy (non-hydrogen) atoms. The van der Waals surface area contributed by atoms with E-state index in [0.29, 0.717) is 22.6 Å². The van der Waals surface area contributed by atoms with Gasteiger partial charge in [0.15, 0.2) is 0 Å². The molecule has 1 heterocycles. The highest BCUT2D eigenvalue weighted by molar-refractivity contribution is 6.09. The second-order valence-electron chi connectivity index (χ2n) is 5.65. The minimum Gasteiger partial charge on any atom is -0.399 e. The van der Waals surface area contributed by atoms with Crippen LogP contribution in [0.4, 0.5) is 21.5 Å². The molecule has 5 N–H and O–H groups in total. The lowest BCUT2D eigenvalue weighted by molar-refractivity contribution is 0.640. The van der Waals surface area contributed by atoms with E-state index in [1.54, 1.807) is 25.1 Å². The summed E-state index contributed by atoms with van der Waals surface area (Å²) in [7, 11) is 0. The number of aromatic amines is 1. The molecule has 3 rings (SSSR count). The van der Waals surface area contributed by atoms with Crippen molar-refractivity contribution in [2.45, 2.75) is 13.8 Å². The van der Waals surface area contributed by atoms with Gasteiger partial charge in [-0.2, -0.15) is 0 Å². The number of anilines is 2. The first-order valence-corrected chi connectivity index (χ1v) is 7.40. The zero-order valence-electron chi connectivity index (χ0n) is 13.4. The van der Waals surface area contributed by atoms with Crippen LogP contribution in [0.3, 0.4) is 0 Å². The normalized spacial score (nSPS) is 11.9. The van der Waals surface area contributed by atoms with Crippen LogP contribution < -0.4 is 17.0 Å². The lowest BCUT2D eigenvalue weighted by atomic mass is 10.1.